The lowest BCUT2D eigenvalue weighted by molar-refractivity contribution is 0.554. The van der Waals surface area contributed by atoms with Gasteiger partial charge >= 0.3 is 5.76 Å². The summed E-state index contributed by atoms with van der Waals surface area (Å²) in [5, 5.41) is 0. The quantitative estimate of drug-likeness (QED) is 0.571. The molecule has 22 heavy (non-hydrogen) atoms. The van der Waals surface area contributed by atoms with Crippen LogP contribution in [-0.4, -0.2) is 20.0 Å². The van der Waals surface area contributed by atoms with E-state index in [2.05, 4.69) is 20.6 Å². The molecular formula is C14H12FN3O3S. The summed E-state index contributed by atoms with van der Waals surface area (Å²) >= 11 is 0. The van der Waals surface area contributed by atoms with E-state index in [1.165, 1.54) is 24.3 Å². The van der Waals surface area contributed by atoms with E-state index in [9.17, 15) is 13.4 Å². The van der Waals surface area contributed by atoms with Crippen LogP contribution in [0, 0.1) is 12.9 Å². The van der Waals surface area contributed by atoms with Crippen LogP contribution >= 0.6 is 0 Å². The van der Waals surface area contributed by atoms with Gasteiger partial charge in [0.1, 0.15) is 5.82 Å². The number of nitrogens with one attached hydrogen (secondary N) is 2. The van der Waals surface area contributed by atoms with Crippen LogP contribution in [-0.2, 0) is 9.71 Å². The fraction of sp³-hybridized carbons (Fsp3) is 0.0714. The van der Waals surface area contributed by atoms with Gasteiger partial charge < -0.3 is 4.42 Å². The Balaban J connectivity index is 2.08. The zero-order valence-corrected chi connectivity index (χ0v) is 12.4. The summed E-state index contributed by atoms with van der Waals surface area (Å²) in [6, 6.07) is 7.23. The summed E-state index contributed by atoms with van der Waals surface area (Å²) in [5.41, 5.74) is 1.43. The highest BCUT2D eigenvalue weighted by Crippen LogP contribution is 2.23. The molecule has 2 N–H and O–H groups in total. The molecule has 0 aliphatic carbocycles. The van der Waals surface area contributed by atoms with Crippen LogP contribution in [0.4, 0.5) is 10.2 Å². The first kappa shape index (κ1) is 14.3. The van der Waals surface area contributed by atoms with Crippen LogP contribution < -0.4 is 10.5 Å². The number of pyridine rings is 1. The van der Waals surface area contributed by atoms with Crippen LogP contribution in [0.25, 0.3) is 11.1 Å². The summed E-state index contributed by atoms with van der Waals surface area (Å²) < 4.78 is 33.5. The third kappa shape index (κ3) is 2.60. The van der Waals surface area contributed by atoms with Crippen molar-refractivity contribution in [3.8, 4) is 0 Å². The third-order valence-corrected chi connectivity index (χ3v) is 4.75. The van der Waals surface area contributed by atoms with Gasteiger partial charge in [-0.25, -0.2) is 14.0 Å². The number of oxazole rings is 1. The van der Waals surface area contributed by atoms with Crippen LogP contribution in [0.15, 0.2) is 44.4 Å². The van der Waals surface area contributed by atoms with Crippen LogP contribution in [0.1, 0.15) is 5.56 Å². The average molecular weight is 321 g/mol. The van der Waals surface area contributed by atoms with Crippen molar-refractivity contribution >= 4 is 32.5 Å². The highest BCUT2D eigenvalue weighted by molar-refractivity contribution is 8.01. The van der Waals surface area contributed by atoms with E-state index in [-0.39, 0.29) is 11.4 Å². The Kier molecular flexibility index (Phi) is 3.25. The summed E-state index contributed by atoms with van der Waals surface area (Å²) in [6.45, 7) is 1.73. The van der Waals surface area contributed by atoms with Crippen LogP contribution in [0.2, 0.25) is 0 Å². The van der Waals surface area contributed by atoms with Gasteiger partial charge in [0.15, 0.2) is 5.58 Å². The van der Waals surface area contributed by atoms with Crippen molar-refractivity contribution in [2.75, 3.05) is 4.72 Å². The molecule has 2 aromatic heterocycles. The molecule has 0 radical (unpaired) electrons. The Morgan fingerprint density at radius 2 is 2.18 bits per heavy atom. The van der Waals surface area contributed by atoms with Gasteiger partial charge in [0.05, 0.1) is 20.1 Å². The van der Waals surface area contributed by atoms with Gasteiger partial charge in [-0.1, -0.05) is 6.07 Å². The molecule has 0 aliphatic heterocycles. The Labute approximate surface area is 125 Å². The maximum atomic E-state index is 13.1. The maximum Gasteiger partial charge on any atom is 0.417 e. The van der Waals surface area contributed by atoms with Crippen molar-refractivity contribution in [3.63, 3.8) is 0 Å². The Bertz CT molecular complexity index is 1020. The molecule has 1 unspecified atom stereocenters. The number of aryl methyl sites for hydroxylation is 1. The lowest BCUT2D eigenvalue weighted by Gasteiger charge is -2.14. The number of fused-ring (bicyclic) bond motifs is 1. The summed E-state index contributed by atoms with van der Waals surface area (Å²) in [6.07, 6.45) is 0. The molecule has 0 amide bonds. The van der Waals surface area contributed by atoms with Crippen LogP contribution in [0.5, 0.6) is 0 Å². The largest absolute Gasteiger partial charge is 0.417 e. The first-order valence-electron chi connectivity index (χ1n) is 6.26. The molecule has 3 aromatic rings. The molecule has 8 heteroatoms. The number of aromatic nitrogens is 2. The van der Waals surface area contributed by atoms with Crippen molar-refractivity contribution in [2.45, 2.75) is 11.8 Å². The minimum absolute atomic E-state index is 0.106. The third-order valence-electron chi connectivity index (χ3n) is 3.06. The molecule has 1 atom stereocenters. The van der Waals surface area contributed by atoms with Gasteiger partial charge in [-0.15, -0.1) is 0 Å². The summed E-state index contributed by atoms with van der Waals surface area (Å²) in [7, 11) is -3.00. The van der Waals surface area contributed by atoms with Crippen molar-refractivity contribution in [1.82, 2.24) is 9.97 Å². The zero-order valence-electron chi connectivity index (χ0n) is 11.6. The number of hydrogen-bond donors (Lipinski definition) is 2. The van der Waals surface area contributed by atoms with E-state index in [0.717, 1.165) is 0 Å². The SMILES string of the molecule is C=S(=O)(Nc1cccc(F)n1)c1cc2oc(=O)[nH]c2cc1C. The predicted molar refractivity (Wildman–Crippen MR) is 82.9 cm³/mol. The van der Waals surface area contributed by atoms with E-state index in [0.29, 0.717) is 16.0 Å². The fourth-order valence-electron chi connectivity index (χ4n) is 2.13. The standard InChI is InChI=1S/C14H12FN3O3S/c1-8-6-9-10(21-14(19)16-9)7-11(8)22(2,20)18-13-5-3-4-12(15)17-13/h3-7H,2H2,1H3,(H,16,19)(H,17,18,20). The summed E-state index contributed by atoms with van der Waals surface area (Å²) in [5.74, 6) is 2.48. The smallest absolute Gasteiger partial charge is 0.408 e. The van der Waals surface area contributed by atoms with Gasteiger partial charge in [-0.05, 0) is 36.6 Å². The highest BCUT2D eigenvalue weighted by Gasteiger charge is 2.15. The highest BCUT2D eigenvalue weighted by atomic mass is 32.2. The van der Waals surface area contributed by atoms with E-state index >= 15 is 0 Å². The normalized spacial score (nSPS) is 13.9. The number of hydrogen-bond acceptors (Lipinski definition) is 4. The molecule has 0 fully saturated rings. The van der Waals surface area contributed by atoms with Crippen molar-refractivity contribution in [1.29, 1.82) is 0 Å². The van der Waals surface area contributed by atoms with Gasteiger partial charge in [-0.2, -0.15) is 4.39 Å². The number of benzene rings is 1. The second-order valence-electron chi connectivity index (χ2n) is 4.75. The van der Waals surface area contributed by atoms with Crippen molar-refractivity contribution in [2.24, 2.45) is 0 Å². The molecule has 1 aromatic carbocycles. The minimum atomic E-state index is -3.00. The number of nitrogens with zero attached hydrogens (tertiary/aromatic N) is 1. The van der Waals surface area contributed by atoms with Gasteiger partial charge in [0.2, 0.25) is 5.95 Å². The van der Waals surface area contributed by atoms with E-state index < -0.39 is 21.4 Å². The second kappa shape index (κ2) is 4.99. The first-order chi connectivity index (χ1) is 10.3. The first-order valence-corrected chi connectivity index (χ1v) is 7.99. The topological polar surface area (TPSA) is 88.0 Å². The number of rotatable bonds is 3. The molecule has 0 saturated carbocycles. The van der Waals surface area contributed by atoms with Gasteiger partial charge in [0, 0.05) is 6.07 Å². The second-order valence-corrected chi connectivity index (χ2v) is 6.75. The molecule has 6 nitrogen and oxygen atoms in total. The molecule has 0 aliphatic rings. The van der Waals surface area contributed by atoms with E-state index in [4.69, 9.17) is 4.42 Å². The van der Waals surface area contributed by atoms with Gasteiger partial charge in [-0.3, -0.25) is 9.71 Å². The Hall–Kier alpha value is -2.61. The Morgan fingerprint density at radius 3 is 2.91 bits per heavy atom. The van der Waals surface area contributed by atoms with Crippen LogP contribution in [0.3, 0.4) is 0 Å². The lowest BCUT2D eigenvalue weighted by Crippen LogP contribution is -2.15. The lowest BCUT2D eigenvalue weighted by atomic mass is 10.2. The summed E-state index contributed by atoms with van der Waals surface area (Å²) in [4.78, 5) is 17.7. The Morgan fingerprint density at radius 1 is 1.41 bits per heavy atom. The molecule has 3 rings (SSSR count). The average Bonchev–Trinajstić information content (AvgIpc) is 2.76. The monoisotopic (exact) mass is 321 g/mol. The van der Waals surface area contributed by atoms with Crippen molar-refractivity contribution < 1.29 is 13.0 Å². The zero-order chi connectivity index (χ0) is 15.9. The molecule has 114 valence electrons. The minimum Gasteiger partial charge on any atom is -0.408 e. The van der Waals surface area contributed by atoms with Gasteiger partial charge in [0.25, 0.3) is 0 Å². The molecule has 0 saturated heterocycles. The number of anilines is 1. The van der Waals surface area contributed by atoms with E-state index in [1.54, 1.807) is 13.0 Å². The van der Waals surface area contributed by atoms with Crippen molar-refractivity contribution in [3.05, 3.63) is 52.4 Å². The predicted octanol–water partition coefficient (Wildman–Crippen LogP) is 2.07. The van der Waals surface area contributed by atoms with E-state index in [1.807, 2.05) is 0 Å². The number of H-pyrrole nitrogens is 1. The number of halogens is 1. The molecule has 0 bridgehead atoms. The number of aromatic amines is 1. The molecule has 0 spiro atoms. The molecular weight excluding hydrogens is 309 g/mol. The molecule has 2 heterocycles. The fourth-order valence-corrected chi connectivity index (χ4v) is 3.57. The maximum absolute atomic E-state index is 13.1.